The number of hydrogen-bond donors (Lipinski definition) is 0. The van der Waals surface area contributed by atoms with Crippen molar-refractivity contribution in [3.05, 3.63) is 52.2 Å². The van der Waals surface area contributed by atoms with E-state index < -0.39 is 0 Å². The maximum absolute atomic E-state index is 12.4. The zero-order valence-electron chi connectivity index (χ0n) is 12.7. The minimum Gasteiger partial charge on any atom is -0.494 e. The Balaban J connectivity index is 1.97. The first-order chi connectivity index (χ1) is 10.1. The second kappa shape index (κ2) is 7.27. The van der Waals surface area contributed by atoms with Crippen LogP contribution in [0.2, 0.25) is 0 Å². The molecule has 0 aliphatic heterocycles. The summed E-state index contributed by atoms with van der Waals surface area (Å²) in [5.74, 6) is 0.967. The molecule has 0 radical (unpaired) electrons. The number of hydrogen-bond acceptors (Lipinski definition) is 3. The highest BCUT2D eigenvalue weighted by atomic mass is 32.1. The van der Waals surface area contributed by atoms with Gasteiger partial charge in [0.15, 0.2) is 0 Å². The third-order valence-corrected chi connectivity index (χ3v) is 4.56. The molecule has 112 valence electrons. The molecule has 0 spiro atoms. The predicted molar refractivity (Wildman–Crippen MR) is 86.8 cm³/mol. The minimum atomic E-state index is 0.111. The number of rotatable bonds is 6. The van der Waals surface area contributed by atoms with Crippen LogP contribution in [0.5, 0.6) is 5.75 Å². The zero-order valence-corrected chi connectivity index (χ0v) is 13.5. The Bertz CT molecular complexity index is 563. The molecule has 1 unspecified atom stereocenters. The maximum atomic E-state index is 12.4. The number of nitrogens with zero attached hydrogens (tertiary/aromatic N) is 1. The van der Waals surface area contributed by atoms with Crippen molar-refractivity contribution in [3.8, 4) is 5.75 Å². The summed E-state index contributed by atoms with van der Waals surface area (Å²) in [6.07, 6.45) is 0.415. The fourth-order valence-corrected chi connectivity index (χ4v) is 2.93. The second-order valence-corrected chi connectivity index (χ2v) is 5.93. The van der Waals surface area contributed by atoms with Crippen molar-refractivity contribution < 1.29 is 9.53 Å². The molecule has 0 aliphatic rings. The molecule has 1 aromatic heterocycles. The lowest BCUT2D eigenvalue weighted by atomic mass is 10.1. The van der Waals surface area contributed by atoms with E-state index in [1.807, 2.05) is 54.6 Å². The van der Waals surface area contributed by atoms with E-state index in [9.17, 15) is 4.79 Å². The quantitative estimate of drug-likeness (QED) is 0.810. The van der Waals surface area contributed by atoms with E-state index in [-0.39, 0.29) is 11.9 Å². The van der Waals surface area contributed by atoms with Gasteiger partial charge in [0, 0.05) is 11.9 Å². The number of likely N-dealkylation sites (N-methyl/N-ethyl adjacent to an activating group) is 1. The second-order valence-electron chi connectivity index (χ2n) is 4.95. The Hall–Kier alpha value is -1.81. The van der Waals surface area contributed by atoms with Crippen LogP contribution < -0.4 is 4.74 Å². The average Bonchev–Trinajstić information content (AvgIpc) is 3.02. The van der Waals surface area contributed by atoms with E-state index in [0.717, 1.165) is 11.3 Å². The molecule has 2 aromatic rings. The molecule has 1 atom stereocenters. The normalized spacial score (nSPS) is 12.0. The molecule has 0 aliphatic carbocycles. The number of carbonyl (C=O) groups excluding carboxylic acids is 1. The molecule has 0 saturated heterocycles. The summed E-state index contributed by atoms with van der Waals surface area (Å²) in [5, 5.41) is 2.04. The summed E-state index contributed by atoms with van der Waals surface area (Å²) >= 11 is 1.68. The van der Waals surface area contributed by atoms with E-state index in [2.05, 4.69) is 13.0 Å². The Morgan fingerprint density at radius 1 is 1.29 bits per heavy atom. The van der Waals surface area contributed by atoms with Gasteiger partial charge in [-0.1, -0.05) is 18.2 Å². The first kappa shape index (κ1) is 15.6. The smallest absolute Gasteiger partial charge is 0.227 e. The van der Waals surface area contributed by atoms with Crippen molar-refractivity contribution in [3.63, 3.8) is 0 Å². The molecule has 2 rings (SSSR count). The average molecular weight is 303 g/mol. The molecule has 1 amide bonds. The largest absolute Gasteiger partial charge is 0.494 e. The van der Waals surface area contributed by atoms with Gasteiger partial charge < -0.3 is 9.64 Å². The summed E-state index contributed by atoms with van der Waals surface area (Å²) in [5.41, 5.74) is 1.01. The van der Waals surface area contributed by atoms with Crippen LogP contribution in [0.25, 0.3) is 0 Å². The van der Waals surface area contributed by atoms with Crippen LogP contribution in [-0.2, 0) is 11.2 Å². The summed E-state index contributed by atoms with van der Waals surface area (Å²) < 4.78 is 5.41. The third-order valence-electron chi connectivity index (χ3n) is 3.52. The van der Waals surface area contributed by atoms with Gasteiger partial charge in [0.1, 0.15) is 5.75 Å². The maximum Gasteiger partial charge on any atom is 0.227 e. The fourth-order valence-electron chi connectivity index (χ4n) is 2.11. The van der Waals surface area contributed by atoms with Crippen LogP contribution in [0.1, 0.15) is 30.3 Å². The highest BCUT2D eigenvalue weighted by Gasteiger charge is 2.18. The predicted octanol–water partition coefficient (Wildman–Crippen LogP) is 3.91. The third kappa shape index (κ3) is 4.08. The number of benzene rings is 1. The van der Waals surface area contributed by atoms with Gasteiger partial charge in [-0.05, 0) is 43.0 Å². The Morgan fingerprint density at radius 2 is 2.00 bits per heavy atom. The molecule has 0 fully saturated rings. The van der Waals surface area contributed by atoms with E-state index in [1.54, 1.807) is 11.3 Å². The number of thiophene rings is 1. The molecule has 4 heteroatoms. The number of ether oxygens (including phenoxy) is 1. The van der Waals surface area contributed by atoms with Gasteiger partial charge >= 0.3 is 0 Å². The summed E-state index contributed by atoms with van der Waals surface area (Å²) in [6.45, 7) is 4.67. The van der Waals surface area contributed by atoms with Gasteiger partial charge in [-0.3, -0.25) is 4.79 Å². The minimum absolute atomic E-state index is 0.111. The molecule has 3 nitrogen and oxygen atoms in total. The van der Waals surface area contributed by atoms with Crippen molar-refractivity contribution in [2.45, 2.75) is 26.3 Å². The van der Waals surface area contributed by atoms with Gasteiger partial charge in [0.2, 0.25) is 5.91 Å². The highest BCUT2D eigenvalue weighted by molar-refractivity contribution is 7.10. The van der Waals surface area contributed by atoms with Gasteiger partial charge in [0.25, 0.3) is 0 Å². The van der Waals surface area contributed by atoms with E-state index >= 15 is 0 Å². The van der Waals surface area contributed by atoms with E-state index in [0.29, 0.717) is 13.0 Å². The Labute approximate surface area is 130 Å². The molecule has 21 heavy (non-hydrogen) atoms. The first-order valence-electron chi connectivity index (χ1n) is 7.12. The lowest BCUT2D eigenvalue weighted by Gasteiger charge is -2.24. The molecule has 0 bridgehead atoms. The first-order valence-corrected chi connectivity index (χ1v) is 8.00. The summed E-state index contributed by atoms with van der Waals surface area (Å²) in [4.78, 5) is 15.4. The SMILES string of the molecule is CCOc1ccc(CC(=O)N(C)C(C)c2cccs2)cc1. The molecule has 0 N–H and O–H groups in total. The Kier molecular flexibility index (Phi) is 5.39. The molecule has 0 saturated carbocycles. The molecule has 1 aromatic carbocycles. The number of carbonyl (C=O) groups is 1. The fraction of sp³-hybridized carbons (Fsp3) is 0.353. The molecular weight excluding hydrogens is 282 g/mol. The molecular formula is C17H21NO2S. The highest BCUT2D eigenvalue weighted by Crippen LogP contribution is 2.24. The van der Waals surface area contributed by atoms with Gasteiger partial charge in [-0.25, -0.2) is 0 Å². The van der Waals surface area contributed by atoms with Crippen LogP contribution >= 0.6 is 11.3 Å². The molecule has 1 heterocycles. The van der Waals surface area contributed by atoms with Crippen molar-refractivity contribution in [1.29, 1.82) is 0 Å². The van der Waals surface area contributed by atoms with Crippen LogP contribution in [0, 0.1) is 0 Å². The van der Waals surface area contributed by atoms with Crippen molar-refractivity contribution in [2.24, 2.45) is 0 Å². The van der Waals surface area contributed by atoms with Crippen molar-refractivity contribution >= 4 is 17.2 Å². The van der Waals surface area contributed by atoms with Crippen LogP contribution in [0.3, 0.4) is 0 Å². The van der Waals surface area contributed by atoms with Crippen molar-refractivity contribution in [2.75, 3.05) is 13.7 Å². The summed E-state index contributed by atoms with van der Waals surface area (Å²) in [7, 11) is 1.86. The lowest BCUT2D eigenvalue weighted by molar-refractivity contribution is -0.131. The van der Waals surface area contributed by atoms with Gasteiger partial charge in [-0.15, -0.1) is 11.3 Å². The number of amides is 1. The Morgan fingerprint density at radius 3 is 2.57 bits per heavy atom. The van der Waals surface area contributed by atoms with Crippen LogP contribution in [-0.4, -0.2) is 24.5 Å². The van der Waals surface area contributed by atoms with Crippen LogP contribution in [0.15, 0.2) is 41.8 Å². The van der Waals surface area contributed by atoms with Crippen molar-refractivity contribution in [1.82, 2.24) is 4.90 Å². The summed E-state index contributed by atoms with van der Waals surface area (Å²) in [6, 6.07) is 11.9. The van der Waals surface area contributed by atoms with Crippen LogP contribution in [0.4, 0.5) is 0 Å². The van der Waals surface area contributed by atoms with Gasteiger partial charge in [-0.2, -0.15) is 0 Å². The zero-order chi connectivity index (χ0) is 15.2. The topological polar surface area (TPSA) is 29.5 Å². The lowest BCUT2D eigenvalue weighted by Crippen LogP contribution is -2.30. The monoisotopic (exact) mass is 303 g/mol. The van der Waals surface area contributed by atoms with E-state index in [4.69, 9.17) is 4.74 Å². The van der Waals surface area contributed by atoms with Gasteiger partial charge in [0.05, 0.1) is 19.1 Å². The van der Waals surface area contributed by atoms with E-state index in [1.165, 1.54) is 4.88 Å². The standard InChI is InChI=1S/C17H21NO2S/c1-4-20-15-9-7-14(8-10-15)12-17(19)18(3)13(2)16-6-5-11-21-16/h5-11,13H,4,12H2,1-3H3.